The van der Waals surface area contributed by atoms with Gasteiger partial charge >= 0.3 is 5.69 Å². The van der Waals surface area contributed by atoms with Gasteiger partial charge in [-0.05, 0) is 31.0 Å². The van der Waals surface area contributed by atoms with Crippen LogP contribution in [0.2, 0.25) is 5.02 Å². The van der Waals surface area contributed by atoms with E-state index >= 15 is 0 Å². The van der Waals surface area contributed by atoms with Gasteiger partial charge in [-0.2, -0.15) is 0 Å². The molecule has 1 saturated carbocycles. The molecule has 1 aromatic carbocycles. The Bertz CT molecular complexity index is 773. The molecule has 9 heteroatoms. The van der Waals surface area contributed by atoms with E-state index in [-0.39, 0.29) is 22.4 Å². The maximum absolute atomic E-state index is 13.1. The van der Waals surface area contributed by atoms with Crippen LogP contribution in [-0.4, -0.2) is 16.0 Å². The quantitative estimate of drug-likeness (QED) is 0.685. The van der Waals surface area contributed by atoms with E-state index in [2.05, 4.69) is 10.5 Å². The molecule has 1 aliphatic carbocycles. The lowest BCUT2D eigenvalue weighted by Crippen LogP contribution is -2.14. The lowest BCUT2D eigenvalue weighted by molar-refractivity contribution is -0.386. The summed E-state index contributed by atoms with van der Waals surface area (Å²) in [5, 5.41) is 16.8. The van der Waals surface area contributed by atoms with Gasteiger partial charge in [-0.1, -0.05) is 16.8 Å². The average Bonchev–Trinajstić information content (AvgIpc) is 3.20. The molecule has 3 rings (SSSR count). The van der Waals surface area contributed by atoms with E-state index in [0.717, 1.165) is 18.9 Å². The van der Waals surface area contributed by atoms with Crippen LogP contribution < -0.4 is 5.32 Å². The second-order valence-electron chi connectivity index (χ2n) is 4.86. The Hall–Kier alpha value is -2.48. The molecule has 0 atom stereocenters. The number of nitrogens with zero attached hydrogens (tertiary/aromatic N) is 2. The minimum absolute atomic E-state index is 0.0604. The summed E-state index contributed by atoms with van der Waals surface area (Å²) in [6, 6.07) is 3.56. The summed E-state index contributed by atoms with van der Waals surface area (Å²) in [4.78, 5) is 22.6. The van der Waals surface area contributed by atoms with E-state index in [1.807, 2.05) is 0 Å². The molecule has 1 aliphatic rings. The Balaban J connectivity index is 1.88. The molecule has 1 amide bonds. The van der Waals surface area contributed by atoms with Crippen molar-refractivity contribution in [2.45, 2.75) is 18.8 Å². The molecular formula is C13H9ClFN3O4. The molecular weight excluding hydrogens is 317 g/mol. The third-order valence-electron chi connectivity index (χ3n) is 3.22. The Morgan fingerprint density at radius 2 is 2.23 bits per heavy atom. The van der Waals surface area contributed by atoms with Crippen LogP contribution in [0, 0.1) is 15.9 Å². The van der Waals surface area contributed by atoms with Crippen LogP contribution in [0.4, 0.5) is 15.8 Å². The standard InChI is InChI=1S/C13H9ClFN3O4/c14-8-5-7(3-4-9(8)15)16-13(19)10-11(18(20)21)12(22-17-10)6-1-2-6/h3-6H,1-2H2,(H,16,19). The fourth-order valence-corrected chi connectivity index (χ4v) is 2.18. The molecule has 0 radical (unpaired) electrons. The lowest BCUT2D eigenvalue weighted by Gasteiger charge is -2.03. The van der Waals surface area contributed by atoms with Gasteiger partial charge in [0.05, 0.1) is 9.95 Å². The normalized spacial score (nSPS) is 13.9. The van der Waals surface area contributed by atoms with Gasteiger partial charge in [0, 0.05) is 11.6 Å². The monoisotopic (exact) mass is 325 g/mol. The van der Waals surface area contributed by atoms with Crippen molar-refractivity contribution in [2.24, 2.45) is 0 Å². The number of hydrogen-bond acceptors (Lipinski definition) is 5. The maximum atomic E-state index is 13.1. The SMILES string of the molecule is O=C(Nc1ccc(F)c(Cl)c1)c1noc(C2CC2)c1[N+](=O)[O-]. The maximum Gasteiger partial charge on any atom is 0.344 e. The number of aromatic nitrogens is 1. The molecule has 22 heavy (non-hydrogen) atoms. The molecule has 1 aromatic heterocycles. The van der Waals surface area contributed by atoms with Crippen LogP contribution in [0.15, 0.2) is 22.7 Å². The number of carbonyl (C=O) groups excluding carboxylic acids is 1. The van der Waals surface area contributed by atoms with Gasteiger partial charge in [-0.3, -0.25) is 14.9 Å². The summed E-state index contributed by atoms with van der Waals surface area (Å²) < 4.78 is 18.0. The number of halogens is 2. The van der Waals surface area contributed by atoms with Crippen molar-refractivity contribution in [3.63, 3.8) is 0 Å². The van der Waals surface area contributed by atoms with E-state index in [1.165, 1.54) is 12.1 Å². The first-order valence-corrected chi connectivity index (χ1v) is 6.75. The molecule has 0 bridgehead atoms. The van der Waals surface area contributed by atoms with E-state index in [0.29, 0.717) is 0 Å². The molecule has 2 aromatic rings. The van der Waals surface area contributed by atoms with Gasteiger partial charge < -0.3 is 9.84 Å². The molecule has 0 saturated heterocycles. The van der Waals surface area contributed by atoms with Crippen molar-refractivity contribution in [2.75, 3.05) is 5.32 Å². The Morgan fingerprint density at radius 1 is 1.50 bits per heavy atom. The van der Waals surface area contributed by atoms with Crippen molar-refractivity contribution in [1.29, 1.82) is 0 Å². The number of benzene rings is 1. The highest BCUT2D eigenvalue weighted by Crippen LogP contribution is 2.45. The van der Waals surface area contributed by atoms with Crippen molar-refractivity contribution < 1.29 is 18.6 Å². The number of anilines is 1. The fraction of sp³-hybridized carbons (Fsp3) is 0.231. The van der Waals surface area contributed by atoms with Gasteiger partial charge in [0.1, 0.15) is 5.82 Å². The molecule has 0 spiro atoms. The summed E-state index contributed by atoms with van der Waals surface area (Å²) >= 11 is 5.61. The Labute approximate surface area is 128 Å². The summed E-state index contributed by atoms with van der Waals surface area (Å²) in [5.74, 6) is -1.39. The van der Waals surface area contributed by atoms with Crippen LogP contribution in [0.25, 0.3) is 0 Å². The van der Waals surface area contributed by atoms with Gasteiger partial charge in [0.25, 0.3) is 5.91 Å². The van der Waals surface area contributed by atoms with E-state index in [9.17, 15) is 19.3 Å². The minimum atomic E-state index is -0.815. The average molecular weight is 326 g/mol. The van der Waals surface area contributed by atoms with Crippen LogP contribution in [0.3, 0.4) is 0 Å². The van der Waals surface area contributed by atoms with Gasteiger partial charge in [0.15, 0.2) is 0 Å². The number of rotatable bonds is 4. The van der Waals surface area contributed by atoms with Gasteiger partial charge in [0.2, 0.25) is 11.5 Å². The van der Waals surface area contributed by atoms with Crippen LogP contribution in [-0.2, 0) is 0 Å². The second kappa shape index (κ2) is 5.38. The zero-order valence-electron chi connectivity index (χ0n) is 11.0. The number of nitrogens with one attached hydrogen (secondary N) is 1. The number of carbonyl (C=O) groups is 1. The van der Waals surface area contributed by atoms with E-state index in [4.69, 9.17) is 16.1 Å². The molecule has 7 nitrogen and oxygen atoms in total. The molecule has 1 fully saturated rings. The molecule has 0 unspecified atom stereocenters. The highest BCUT2D eigenvalue weighted by Gasteiger charge is 2.40. The van der Waals surface area contributed by atoms with Crippen molar-refractivity contribution in [3.05, 3.63) is 50.6 Å². The highest BCUT2D eigenvalue weighted by atomic mass is 35.5. The summed E-state index contributed by atoms with van der Waals surface area (Å²) in [5.41, 5.74) is -0.637. The molecule has 1 N–H and O–H groups in total. The summed E-state index contributed by atoms with van der Waals surface area (Å²) in [6.07, 6.45) is 1.54. The first kappa shape index (κ1) is 14.5. The number of nitro groups is 1. The minimum Gasteiger partial charge on any atom is -0.353 e. The predicted octanol–water partition coefficient (Wildman–Crippen LogP) is 3.51. The van der Waals surface area contributed by atoms with Crippen molar-refractivity contribution in [3.8, 4) is 0 Å². The second-order valence-corrected chi connectivity index (χ2v) is 5.27. The van der Waals surface area contributed by atoms with Crippen LogP contribution in [0.1, 0.15) is 35.0 Å². The third kappa shape index (κ3) is 2.64. The van der Waals surface area contributed by atoms with Crippen LogP contribution >= 0.6 is 11.6 Å². The Morgan fingerprint density at radius 3 is 2.82 bits per heavy atom. The Kier molecular flexibility index (Phi) is 3.53. The third-order valence-corrected chi connectivity index (χ3v) is 3.51. The number of hydrogen-bond donors (Lipinski definition) is 1. The van der Waals surface area contributed by atoms with Crippen molar-refractivity contribution >= 4 is 28.9 Å². The summed E-state index contributed by atoms with van der Waals surface area (Å²) in [6.45, 7) is 0. The smallest absolute Gasteiger partial charge is 0.344 e. The zero-order valence-corrected chi connectivity index (χ0v) is 11.8. The first-order chi connectivity index (χ1) is 10.5. The summed E-state index contributed by atoms with van der Waals surface area (Å²) in [7, 11) is 0. The van der Waals surface area contributed by atoms with Crippen LogP contribution in [0.5, 0.6) is 0 Å². The number of amides is 1. The zero-order chi connectivity index (χ0) is 15.9. The van der Waals surface area contributed by atoms with Gasteiger partial charge in [-0.25, -0.2) is 4.39 Å². The lowest BCUT2D eigenvalue weighted by atomic mass is 10.2. The first-order valence-electron chi connectivity index (χ1n) is 6.37. The molecule has 1 heterocycles. The largest absolute Gasteiger partial charge is 0.353 e. The van der Waals surface area contributed by atoms with Gasteiger partial charge in [-0.15, -0.1) is 0 Å². The fourth-order valence-electron chi connectivity index (χ4n) is 2.00. The van der Waals surface area contributed by atoms with Crippen molar-refractivity contribution in [1.82, 2.24) is 5.16 Å². The highest BCUT2D eigenvalue weighted by molar-refractivity contribution is 6.31. The molecule has 114 valence electrons. The van der Waals surface area contributed by atoms with E-state index < -0.39 is 28.0 Å². The topological polar surface area (TPSA) is 98.3 Å². The molecule has 0 aliphatic heterocycles. The predicted molar refractivity (Wildman–Crippen MR) is 74.5 cm³/mol. The van der Waals surface area contributed by atoms with E-state index in [1.54, 1.807) is 0 Å².